The zero-order valence-corrected chi connectivity index (χ0v) is 14.3. The van der Waals surface area contributed by atoms with Crippen LogP contribution in [-0.2, 0) is 14.8 Å². The molecule has 26 heavy (non-hydrogen) atoms. The molecule has 0 heterocycles. The minimum absolute atomic E-state index is 0.202. The minimum atomic E-state index is -3.99. The van der Waals surface area contributed by atoms with Crippen LogP contribution in [0, 0.1) is 23.3 Å². The number of rotatable bonds is 6. The number of benzene rings is 2. The van der Waals surface area contributed by atoms with Crippen LogP contribution >= 0.6 is 0 Å². The maximum atomic E-state index is 13.9. The number of sulfonamides is 1. The maximum Gasteiger partial charge on any atom is 0.240 e. The monoisotopic (exact) mass is 390 g/mol. The SMILES string of the molecule is CC(=O)N(CCNS(=O)(=O)c1ccc(F)cc1)c1ccc(F)c(F)c1F. The minimum Gasteiger partial charge on any atom is -0.308 e. The summed E-state index contributed by atoms with van der Waals surface area (Å²) in [4.78, 5) is 12.2. The summed E-state index contributed by atoms with van der Waals surface area (Å²) in [5, 5.41) is 0. The zero-order chi connectivity index (χ0) is 19.5. The molecule has 2 aromatic rings. The summed E-state index contributed by atoms with van der Waals surface area (Å²) in [7, 11) is -3.99. The molecule has 0 bridgehead atoms. The van der Waals surface area contributed by atoms with Crippen LogP contribution in [0.1, 0.15) is 6.92 Å². The van der Waals surface area contributed by atoms with Crippen LogP contribution < -0.4 is 9.62 Å². The topological polar surface area (TPSA) is 66.5 Å². The Morgan fingerprint density at radius 3 is 2.19 bits per heavy atom. The average molecular weight is 390 g/mol. The molecule has 0 spiro atoms. The second kappa shape index (κ2) is 7.83. The predicted molar refractivity (Wildman–Crippen MR) is 85.9 cm³/mol. The number of anilines is 1. The van der Waals surface area contributed by atoms with Gasteiger partial charge in [0.1, 0.15) is 5.82 Å². The van der Waals surface area contributed by atoms with Crippen LogP contribution in [0.5, 0.6) is 0 Å². The van der Waals surface area contributed by atoms with Gasteiger partial charge in [-0.05, 0) is 36.4 Å². The van der Waals surface area contributed by atoms with E-state index >= 15 is 0 Å². The summed E-state index contributed by atoms with van der Waals surface area (Å²) in [6, 6.07) is 5.57. The van der Waals surface area contributed by atoms with Crippen molar-refractivity contribution in [2.75, 3.05) is 18.0 Å². The molecule has 2 rings (SSSR count). The Labute approximate surface area is 147 Å². The third-order valence-electron chi connectivity index (χ3n) is 3.44. The lowest BCUT2D eigenvalue weighted by atomic mass is 10.2. The van der Waals surface area contributed by atoms with E-state index in [9.17, 15) is 30.8 Å². The first-order valence-corrected chi connectivity index (χ1v) is 8.78. The third-order valence-corrected chi connectivity index (χ3v) is 4.91. The Morgan fingerprint density at radius 2 is 1.62 bits per heavy atom. The van der Waals surface area contributed by atoms with Crippen LogP contribution in [0.2, 0.25) is 0 Å². The van der Waals surface area contributed by atoms with Crippen molar-refractivity contribution in [1.82, 2.24) is 4.72 Å². The summed E-state index contributed by atoms with van der Waals surface area (Å²) < 4.78 is 79.4. The molecule has 1 N–H and O–H groups in total. The van der Waals surface area contributed by atoms with Gasteiger partial charge in [0.05, 0.1) is 10.6 Å². The lowest BCUT2D eigenvalue weighted by molar-refractivity contribution is -0.116. The summed E-state index contributed by atoms with van der Waals surface area (Å²) in [6.45, 7) is 0.394. The van der Waals surface area contributed by atoms with E-state index in [4.69, 9.17) is 0 Å². The van der Waals surface area contributed by atoms with Gasteiger partial charge in [0.25, 0.3) is 0 Å². The van der Waals surface area contributed by atoms with Crippen LogP contribution in [0.3, 0.4) is 0 Å². The number of hydrogen-bond acceptors (Lipinski definition) is 3. The van der Waals surface area contributed by atoms with Crippen molar-refractivity contribution in [2.45, 2.75) is 11.8 Å². The summed E-state index contributed by atoms with van der Waals surface area (Å²) in [6.07, 6.45) is 0. The first kappa shape index (κ1) is 19.9. The molecule has 0 aromatic heterocycles. The highest BCUT2D eigenvalue weighted by molar-refractivity contribution is 7.89. The van der Waals surface area contributed by atoms with Crippen molar-refractivity contribution in [3.8, 4) is 0 Å². The molecule has 140 valence electrons. The molecule has 1 amide bonds. The second-order valence-corrected chi connectivity index (χ2v) is 6.98. The van der Waals surface area contributed by atoms with E-state index in [1.165, 1.54) is 0 Å². The first-order valence-electron chi connectivity index (χ1n) is 7.30. The molecule has 0 radical (unpaired) electrons. The van der Waals surface area contributed by atoms with Crippen molar-refractivity contribution >= 4 is 21.6 Å². The molecular weight excluding hydrogens is 376 g/mol. The third kappa shape index (κ3) is 4.38. The van der Waals surface area contributed by atoms with Gasteiger partial charge in [-0.3, -0.25) is 4.79 Å². The number of hydrogen-bond donors (Lipinski definition) is 1. The van der Waals surface area contributed by atoms with Gasteiger partial charge in [-0.15, -0.1) is 0 Å². The summed E-state index contributed by atoms with van der Waals surface area (Å²) >= 11 is 0. The van der Waals surface area contributed by atoms with Gasteiger partial charge in [-0.2, -0.15) is 0 Å². The van der Waals surface area contributed by atoms with Crippen molar-refractivity contribution in [2.24, 2.45) is 0 Å². The summed E-state index contributed by atoms with van der Waals surface area (Å²) in [5.41, 5.74) is -0.516. The van der Waals surface area contributed by atoms with E-state index in [2.05, 4.69) is 4.72 Å². The van der Waals surface area contributed by atoms with Gasteiger partial charge in [0, 0.05) is 20.0 Å². The lowest BCUT2D eigenvalue weighted by Gasteiger charge is -2.22. The molecular formula is C16H14F4N2O3S. The largest absolute Gasteiger partial charge is 0.308 e. The highest BCUT2D eigenvalue weighted by Gasteiger charge is 2.22. The summed E-state index contributed by atoms with van der Waals surface area (Å²) in [5.74, 6) is -6.01. The van der Waals surface area contributed by atoms with Gasteiger partial charge in [0.15, 0.2) is 17.5 Å². The fourth-order valence-corrected chi connectivity index (χ4v) is 3.18. The van der Waals surface area contributed by atoms with E-state index in [1.54, 1.807) is 0 Å². The maximum absolute atomic E-state index is 13.9. The van der Waals surface area contributed by atoms with E-state index in [0.717, 1.165) is 42.2 Å². The fourth-order valence-electron chi connectivity index (χ4n) is 2.16. The van der Waals surface area contributed by atoms with Crippen molar-refractivity contribution < 1.29 is 30.8 Å². The molecule has 2 aromatic carbocycles. The highest BCUT2D eigenvalue weighted by Crippen LogP contribution is 2.23. The molecule has 0 fully saturated rings. The Bertz CT molecular complexity index is 918. The number of amides is 1. The number of halogens is 4. The second-order valence-electron chi connectivity index (χ2n) is 5.22. The molecule has 0 aliphatic carbocycles. The van der Waals surface area contributed by atoms with Crippen molar-refractivity contribution in [3.63, 3.8) is 0 Å². The van der Waals surface area contributed by atoms with Gasteiger partial charge < -0.3 is 4.90 Å². The first-order chi connectivity index (χ1) is 12.1. The molecule has 10 heteroatoms. The van der Waals surface area contributed by atoms with Gasteiger partial charge in [0.2, 0.25) is 15.9 Å². The molecule has 5 nitrogen and oxygen atoms in total. The van der Waals surface area contributed by atoms with Crippen molar-refractivity contribution in [3.05, 3.63) is 59.7 Å². The highest BCUT2D eigenvalue weighted by atomic mass is 32.2. The lowest BCUT2D eigenvalue weighted by Crippen LogP contribution is -2.38. The average Bonchev–Trinajstić information content (AvgIpc) is 2.58. The molecule has 0 aliphatic rings. The number of carbonyl (C=O) groups excluding carboxylic acids is 1. The van der Waals surface area contributed by atoms with E-state index in [1.807, 2.05) is 0 Å². The van der Waals surface area contributed by atoms with Gasteiger partial charge in [-0.25, -0.2) is 30.7 Å². The van der Waals surface area contributed by atoms with Gasteiger partial charge in [-0.1, -0.05) is 0 Å². The number of nitrogens with one attached hydrogen (secondary N) is 1. The standard InChI is InChI=1S/C16H14F4N2O3S/c1-10(23)22(14-7-6-13(18)15(19)16(14)20)9-8-21-26(24,25)12-4-2-11(17)3-5-12/h2-7,21H,8-9H2,1H3. The van der Waals surface area contributed by atoms with Crippen LogP contribution in [0.25, 0.3) is 0 Å². The van der Waals surface area contributed by atoms with Crippen LogP contribution in [0.4, 0.5) is 23.2 Å². The Kier molecular flexibility index (Phi) is 5.98. The smallest absolute Gasteiger partial charge is 0.240 e. The van der Waals surface area contributed by atoms with E-state index in [-0.39, 0.29) is 18.0 Å². The molecule has 0 unspecified atom stereocenters. The quantitative estimate of drug-likeness (QED) is 0.609. The predicted octanol–water partition coefficient (Wildman–Crippen LogP) is 2.57. The molecule has 0 atom stereocenters. The van der Waals surface area contributed by atoms with Crippen LogP contribution in [0.15, 0.2) is 41.3 Å². The van der Waals surface area contributed by atoms with Crippen molar-refractivity contribution in [1.29, 1.82) is 0 Å². The number of carbonyl (C=O) groups is 1. The van der Waals surface area contributed by atoms with Crippen LogP contribution in [-0.4, -0.2) is 27.4 Å². The molecule has 0 aliphatic heterocycles. The van der Waals surface area contributed by atoms with Gasteiger partial charge >= 0.3 is 0 Å². The Balaban J connectivity index is 2.14. The molecule has 0 saturated carbocycles. The fraction of sp³-hybridized carbons (Fsp3) is 0.188. The molecule has 0 saturated heterocycles. The normalized spacial score (nSPS) is 11.4. The zero-order valence-electron chi connectivity index (χ0n) is 13.5. The Morgan fingerprint density at radius 1 is 1.00 bits per heavy atom. The number of nitrogens with zero attached hydrogens (tertiary/aromatic N) is 1. The van der Waals surface area contributed by atoms with E-state index in [0.29, 0.717) is 6.07 Å². The van der Waals surface area contributed by atoms with E-state index < -0.39 is 44.9 Å². The Hall–Kier alpha value is -2.46.